The largest absolute Gasteiger partial charge is 0.481 e. The van der Waals surface area contributed by atoms with Crippen LogP contribution in [-0.2, 0) is 9.53 Å². The van der Waals surface area contributed by atoms with Crippen molar-refractivity contribution in [2.75, 3.05) is 11.9 Å². The predicted molar refractivity (Wildman–Crippen MR) is 97.2 cm³/mol. The Morgan fingerprint density at radius 1 is 1.12 bits per heavy atom. The fraction of sp³-hybridized carbons (Fsp3) is 0.263. The highest BCUT2D eigenvalue weighted by Crippen LogP contribution is 2.22. The maximum Gasteiger partial charge on any atom is 0.339 e. The molecule has 1 N–H and O–H groups in total. The monoisotopic (exact) mass is 361 g/mol. The van der Waals surface area contributed by atoms with Crippen molar-refractivity contribution in [3.05, 3.63) is 59.1 Å². The molecule has 0 fully saturated rings. The molecule has 0 aliphatic heterocycles. The van der Waals surface area contributed by atoms with Crippen LogP contribution in [0.3, 0.4) is 0 Å². The third-order valence-corrected chi connectivity index (χ3v) is 3.73. The molecule has 2 rings (SSSR count). The summed E-state index contributed by atoms with van der Waals surface area (Å²) >= 11 is 6.10. The number of ether oxygens (including phenoxy) is 2. The molecule has 25 heavy (non-hydrogen) atoms. The van der Waals surface area contributed by atoms with E-state index in [9.17, 15) is 9.59 Å². The zero-order chi connectivity index (χ0) is 18.2. The molecule has 0 heterocycles. The van der Waals surface area contributed by atoms with Crippen LogP contribution < -0.4 is 10.1 Å². The molecule has 6 heteroatoms. The van der Waals surface area contributed by atoms with Crippen molar-refractivity contribution in [3.8, 4) is 5.75 Å². The van der Waals surface area contributed by atoms with Crippen molar-refractivity contribution in [2.24, 2.45) is 0 Å². The standard InChI is InChI=1S/C19H20ClNO4/c1-3-17(25-14-8-6-5-7-9-14)18(22)21-13-10-11-15(16(20)12-13)19(23)24-4-2/h5-12,17H,3-4H2,1-2H3,(H,21,22)/t17-/m1/s1. The normalized spacial score (nSPS) is 11.5. The third kappa shape index (κ3) is 5.22. The molecule has 0 bridgehead atoms. The number of anilines is 1. The van der Waals surface area contributed by atoms with Crippen molar-refractivity contribution in [1.29, 1.82) is 0 Å². The van der Waals surface area contributed by atoms with E-state index >= 15 is 0 Å². The smallest absolute Gasteiger partial charge is 0.339 e. The van der Waals surface area contributed by atoms with Gasteiger partial charge in [-0.05, 0) is 43.7 Å². The topological polar surface area (TPSA) is 64.6 Å². The molecule has 2 aromatic rings. The fourth-order valence-corrected chi connectivity index (χ4v) is 2.43. The molecular formula is C19H20ClNO4. The van der Waals surface area contributed by atoms with E-state index in [1.807, 2.05) is 25.1 Å². The zero-order valence-corrected chi connectivity index (χ0v) is 14.9. The van der Waals surface area contributed by atoms with E-state index in [1.54, 1.807) is 25.1 Å². The quantitative estimate of drug-likeness (QED) is 0.746. The number of esters is 1. The van der Waals surface area contributed by atoms with Gasteiger partial charge in [0, 0.05) is 5.69 Å². The first kappa shape index (κ1) is 18.8. The number of carbonyl (C=O) groups is 2. The van der Waals surface area contributed by atoms with Crippen LogP contribution in [0.1, 0.15) is 30.6 Å². The van der Waals surface area contributed by atoms with E-state index in [1.165, 1.54) is 12.1 Å². The lowest BCUT2D eigenvalue weighted by molar-refractivity contribution is -0.122. The van der Waals surface area contributed by atoms with Gasteiger partial charge < -0.3 is 14.8 Å². The number of halogens is 1. The average Bonchev–Trinajstić information content (AvgIpc) is 2.60. The van der Waals surface area contributed by atoms with Gasteiger partial charge in [-0.3, -0.25) is 4.79 Å². The Bertz CT molecular complexity index is 733. The minimum absolute atomic E-state index is 0.216. The Hall–Kier alpha value is -2.53. The van der Waals surface area contributed by atoms with E-state index in [0.717, 1.165) is 0 Å². The van der Waals surface area contributed by atoms with Gasteiger partial charge in [0.15, 0.2) is 6.10 Å². The molecule has 0 aromatic heterocycles. The molecule has 0 unspecified atom stereocenters. The van der Waals surface area contributed by atoms with E-state index in [0.29, 0.717) is 17.9 Å². The Morgan fingerprint density at radius 3 is 2.44 bits per heavy atom. The summed E-state index contributed by atoms with van der Waals surface area (Å²) in [5.74, 6) is -0.157. The Morgan fingerprint density at radius 2 is 1.84 bits per heavy atom. The fourth-order valence-electron chi connectivity index (χ4n) is 2.18. The van der Waals surface area contributed by atoms with Gasteiger partial charge in [-0.1, -0.05) is 36.7 Å². The Labute approximate surface area is 151 Å². The molecular weight excluding hydrogens is 342 g/mol. The van der Waals surface area contributed by atoms with Gasteiger partial charge in [0.2, 0.25) is 0 Å². The summed E-state index contributed by atoms with van der Waals surface area (Å²) in [4.78, 5) is 24.2. The minimum atomic E-state index is -0.633. The van der Waals surface area contributed by atoms with Gasteiger partial charge in [-0.2, -0.15) is 0 Å². The molecule has 0 radical (unpaired) electrons. The van der Waals surface area contributed by atoms with Gasteiger partial charge in [-0.25, -0.2) is 4.79 Å². The predicted octanol–water partition coefficient (Wildman–Crippen LogP) is 4.31. The van der Waals surface area contributed by atoms with E-state index in [4.69, 9.17) is 21.1 Å². The van der Waals surface area contributed by atoms with Crippen LogP contribution in [-0.4, -0.2) is 24.6 Å². The van der Waals surface area contributed by atoms with Gasteiger partial charge in [0.25, 0.3) is 5.91 Å². The van der Waals surface area contributed by atoms with Crippen LogP contribution in [0, 0.1) is 0 Å². The summed E-state index contributed by atoms with van der Waals surface area (Å²) in [5, 5.41) is 2.97. The summed E-state index contributed by atoms with van der Waals surface area (Å²) in [6.45, 7) is 3.85. The van der Waals surface area contributed by atoms with E-state index in [-0.39, 0.29) is 23.1 Å². The summed E-state index contributed by atoms with van der Waals surface area (Å²) < 4.78 is 10.6. The number of benzene rings is 2. The van der Waals surface area contributed by atoms with Crippen molar-refractivity contribution >= 4 is 29.2 Å². The van der Waals surface area contributed by atoms with Crippen molar-refractivity contribution in [1.82, 2.24) is 0 Å². The van der Waals surface area contributed by atoms with Gasteiger partial charge >= 0.3 is 5.97 Å². The maximum absolute atomic E-state index is 12.4. The summed E-state index contributed by atoms with van der Waals surface area (Å²) in [6.07, 6.45) is -0.124. The second-order valence-electron chi connectivity index (χ2n) is 5.23. The number of nitrogens with one attached hydrogen (secondary N) is 1. The molecule has 0 spiro atoms. The lowest BCUT2D eigenvalue weighted by atomic mass is 10.2. The van der Waals surface area contributed by atoms with Gasteiger partial charge in [0.05, 0.1) is 17.2 Å². The number of para-hydroxylation sites is 1. The SMILES string of the molecule is CCOC(=O)c1ccc(NC(=O)[C@@H](CC)Oc2ccccc2)cc1Cl. The van der Waals surface area contributed by atoms with Gasteiger partial charge in [0.1, 0.15) is 5.75 Å². The van der Waals surface area contributed by atoms with Crippen LogP contribution in [0.5, 0.6) is 5.75 Å². The molecule has 2 aromatic carbocycles. The highest BCUT2D eigenvalue weighted by atomic mass is 35.5. The van der Waals surface area contributed by atoms with Gasteiger partial charge in [-0.15, -0.1) is 0 Å². The highest BCUT2D eigenvalue weighted by molar-refractivity contribution is 6.34. The van der Waals surface area contributed by atoms with Crippen LogP contribution >= 0.6 is 11.6 Å². The first-order valence-electron chi connectivity index (χ1n) is 8.04. The molecule has 0 saturated carbocycles. The van der Waals surface area contributed by atoms with Crippen LogP contribution in [0.4, 0.5) is 5.69 Å². The number of amides is 1. The Balaban J connectivity index is 2.06. The summed E-state index contributed by atoms with van der Waals surface area (Å²) in [7, 11) is 0. The molecule has 132 valence electrons. The third-order valence-electron chi connectivity index (χ3n) is 3.42. The number of hydrogen-bond donors (Lipinski definition) is 1. The van der Waals surface area contributed by atoms with Crippen LogP contribution in [0.25, 0.3) is 0 Å². The van der Waals surface area contributed by atoms with Crippen molar-refractivity contribution in [2.45, 2.75) is 26.4 Å². The highest BCUT2D eigenvalue weighted by Gasteiger charge is 2.19. The van der Waals surface area contributed by atoms with Crippen molar-refractivity contribution in [3.63, 3.8) is 0 Å². The van der Waals surface area contributed by atoms with E-state index < -0.39 is 12.1 Å². The molecule has 0 saturated heterocycles. The molecule has 5 nitrogen and oxygen atoms in total. The second kappa shape index (κ2) is 9.08. The second-order valence-corrected chi connectivity index (χ2v) is 5.64. The molecule has 1 amide bonds. The number of hydrogen-bond acceptors (Lipinski definition) is 4. The molecule has 0 aliphatic carbocycles. The minimum Gasteiger partial charge on any atom is -0.481 e. The molecule has 0 aliphatic rings. The van der Waals surface area contributed by atoms with Crippen LogP contribution in [0.15, 0.2) is 48.5 Å². The first-order valence-corrected chi connectivity index (χ1v) is 8.42. The van der Waals surface area contributed by atoms with Crippen LogP contribution in [0.2, 0.25) is 5.02 Å². The average molecular weight is 362 g/mol. The maximum atomic E-state index is 12.4. The van der Waals surface area contributed by atoms with Crippen molar-refractivity contribution < 1.29 is 19.1 Å². The Kier molecular flexibility index (Phi) is 6.83. The summed E-state index contributed by atoms with van der Waals surface area (Å²) in [6, 6.07) is 13.8. The van der Waals surface area contributed by atoms with E-state index in [2.05, 4.69) is 5.32 Å². The lowest BCUT2D eigenvalue weighted by Gasteiger charge is -2.17. The number of rotatable bonds is 7. The number of carbonyl (C=O) groups excluding carboxylic acids is 2. The summed E-state index contributed by atoms with van der Waals surface area (Å²) in [5.41, 5.74) is 0.743. The molecule has 1 atom stereocenters. The lowest BCUT2D eigenvalue weighted by Crippen LogP contribution is -2.32. The zero-order valence-electron chi connectivity index (χ0n) is 14.1. The first-order chi connectivity index (χ1) is 12.0.